The summed E-state index contributed by atoms with van der Waals surface area (Å²) in [5, 5.41) is 0. The Morgan fingerprint density at radius 3 is 2.52 bits per heavy atom. The number of benzene rings is 1. The first kappa shape index (κ1) is 15.2. The summed E-state index contributed by atoms with van der Waals surface area (Å²) in [5.41, 5.74) is 7.56. The molecule has 0 heterocycles. The fourth-order valence-electron chi connectivity index (χ4n) is 4.29. The van der Waals surface area contributed by atoms with Gasteiger partial charge in [-0.05, 0) is 71.5 Å². The van der Waals surface area contributed by atoms with Crippen molar-refractivity contribution in [3.05, 3.63) is 22.2 Å². The van der Waals surface area contributed by atoms with Gasteiger partial charge in [0.15, 0.2) is 0 Å². The smallest absolute Gasteiger partial charge is 0.133 e. The van der Waals surface area contributed by atoms with Gasteiger partial charge in [0.25, 0.3) is 0 Å². The van der Waals surface area contributed by atoms with Gasteiger partial charge in [0.05, 0.1) is 18.7 Å². The molecule has 0 aromatic heterocycles. The van der Waals surface area contributed by atoms with E-state index in [1.807, 2.05) is 12.1 Å². The molecule has 4 atom stereocenters. The predicted molar refractivity (Wildman–Crippen MR) is 87.7 cm³/mol. The highest BCUT2D eigenvalue weighted by molar-refractivity contribution is 9.10. The summed E-state index contributed by atoms with van der Waals surface area (Å²) in [4.78, 5) is 0. The maximum absolute atomic E-state index is 6.51. The van der Waals surface area contributed by atoms with Crippen molar-refractivity contribution in [1.82, 2.24) is 0 Å². The van der Waals surface area contributed by atoms with Crippen LogP contribution in [0.3, 0.4) is 0 Å². The zero-order valence-electron chi connectivity index (χ0n) is 12.8. The fourth-order valence-corrected chi connectivity index (χ4v) is 4.78. The van der Waals surface area contributed by atoms with Crippen LogP contribution < -0.4 is 15.2 Å². The van der Waals surface area contributed by atoms with Crippen molar-refractivity contribution >= 4 is 15.9 Å². The van der Waals surface area contributed by atoms with Crippen LogP contribution in [0, 0.1) is 17.8 Å². The van der Waals surface area contributed by atoms with Crippen molar-refractivity contribution in [2.24, 2.45) is 23.5 Å². The Morgan fingerprint density at radius 1 is 1.19 bits per heavy atom. The Bertz CT molecular complexity index is 520. The Kier molecular flexibility index (Phi) is 4.46. The summed E-state index contributed by atoms with van der Waals surface area (Å²) >= 11 is 3.50. The van der Waals surface area contributed by atoms with Gasteiger partial charge >= 0.3 is 0 Å². The second-order valence-corrected chi connectivity index (χ2v) is 7.36. The van der Waals surface area contributed by atoms with Crippen molar-refractivity contribution < 1.29 is 9.47 Å². The van der Waals surface area contributed by atoms with E-state index in [9.17, 15) is 0 Å². The highest BCUT2D eigenvalue weighted by Gasteiger charge is 2.40. The Balaban J connectivity index is 1.78. The molecule has 0 aliphatic heterocycles. The van der Waals surface area contributed by atoms with Gasteiger partial charge in [-0.2, -0.15) is 0 Å². The number of hydrogen-bond donors (Lipinski definition) is 1. The van der Waals surface area contributed by atoms with Crippen LogP contribution in [0.5, 0.6) is 11.5 Å². The summed E-state index contributed by atoms with van der Waals surface area (Å²) in [6.45, 7) is 0. The van der Waals surface area contributed by atoms with E-state index >= 15 is 0 Å². The number of hydrogen-bond acceptors (Lipinski definition) is 3. The lowest BCUT2D eigenvalue weighted by atomic mass is 9.83. The maximum atomic E-state index is 6.51. The molecule has 0 spiro atoms. The van der Waals surface area contributed by atoms with Crippen LogP contribution in [0.4, 0.5) is 0 Å². The van der Waals surface area contributed by atoms with E-state index in [0.717, 1.165) is 45.7 Å². The van der Waals surface area contributed by atoms with Crippen LogP contribution in [0.1, 0.15) is 43.7 Å². The van der Waals surface area contributed by atoms with Gasteiger partial charge in [0.2, 0.25) is 0 Å². The summed E-state index contributed by atoms with van der Waals surface area (Å²) in [6, 6.07) is 3.99. The first-order chi connectivity index (χ1) is 10.1. The lowest BCUT2D eigenvalue weighted by Crippen LogP contribution is -2.20. The zero-order valence-corrected chi connectivity index (χ0v) is 14.4. The second-order valence-electron chi connectivity index (χ2n) is 6.51. The highest BCUT2D eigenvalue weighted by Crippen LogP contribution is 2.51. The second kappa shape index (κ2) is 6.17. The summed E-state index contributed by atoms with van der Waals surface area (Å²) < 4.78 is 11.8. The van der Waals surface area contributed by atoms with Gasteiger partial charge in [-0.25, -0.2) is 0 Å². The highest BCUT2D eigenvalue weighted by atomic mass is 79.9. The molecule has 2 bridgehead atoms. The normalized spacial score (nSPS) is 28.7. The molecule has 2 saturated carbocycles. The van der Waals surface area contributed by atoms with E-state index in [0.29, 0.717) is 0 Å². The SMILES string of the molecule is COc1cc(C(N)CC2CC3CCC2C3)c(OC)cc1Br. The molecule has 1 aromatic rings. The largest absolute Gasteiger partial charge is 0.496 e. The maximum Gasteiger partial charge on any atom is 0.133 e. The molecule has 3 rings (SSSR count). The van der Waals surface area contributed by atoms with Gasteiger partial charge in [-0.15, -0.1) is 0 Å². The Hall–Kier alpha value is -0.740. The van der Waals surface area contributed by atoms with Crippen LogP contribution in [0.25, 0.3) is 0 Å². The molecule has 1 aromatic carbocycles. The average Bonchev–Trinajstić information content (AvgIpc) is 3.09. The summed E-state index contributed by atoms with van der Waals surface area (Å²) in [7, 11) is 3.37. The number of rotatable bonds is 5. The van der Waals surface area contributed by atoms with Crippen LogP contribution in [0.15, 0.2) is 16.6 Å². The molecule has 4 unspecified atom stereocenters. The third-order valence-corrected chi connectivity index (χ3v) is 5.96. The topological polar surface area (TPSA) is 44.5 Å². The van der Waals surface area contributed by atoms with Crippen LogP contribution in [-0.2, 0) is 0 Å². The summed E-state index contributed by atoms with van der Waals surface area (Å²) in [6.07, 6.45) is 6.70. The fraction of sp³-hybridized carbons (Fsp3) is 0.647. The van der Waals surface area contributed by atoms with E-state index < -0.39 is 0 Å². The molecule has 0 amide bonds. The minimum atomic E-state index is 0.0197. The Morgan fingerprint density at radius 2 is 1.95 bits per heavy atom. The molecule has 2 fully saturated rings. The quantitative estimate of drug-likeness (QED) is 0.858. The minimum absolute atomic E-state index is 0.0197. The van der Waals surface area contributed by atoms with Crippen molar-refractivity contribution in [3.63, 3.8) is 0 Å². The van der Waals surface area contributed by atoms with Crippen LogP contribution in [0.2, 0.25) is 0 Å². The number of ether oxygens (including phenoxy) is 2. The zero-order chi connectivity index (χ0) is 15.0. The van der Waals surface area contributed by atoms with Crippen molar-refractivity contribution in [2.75, 3.05) is 14.2 Å². The third kappa shape index (κ3) is 2.93. The molecule has 116 valence electrons. The molecule has 2 aliphatic rings. The van der Waals surface area contributed by atoms with E-state index in [1.54, 1.807) is 14.2 Å². The standard InChI is InChI=1S/C17H24BrNO2/c1-20-16-9-14(18)17(21-2)8-13(16)15(19)7-12-6-10-3-4-11(12)5-10/h8-12,15H,3-7,19H2,1-2H3. The monoisotopic (exact) mass is 353 g/mol. The number of nitrogens with two attached hydrogens (primary N) is 1. The van der Waals surface area contributed by atoms with Crippen molar-refractivity contribution in [2.45, 2.75) is 38.1 Å². The number of methoxy groups -OCH3 is 2. The molecule has 2 N–H and O–H groups in total. The molecular weight excluding hydrogens is 330 g/mol. The lowest BCUT2D eigenvalue weighted by molar-refractivity contribution is 0.293. The van der Waals surface area contributed by atoms with Gasteiger partial charge in [0, 0.05) is 11.6 Å². The van der Waals surface area contributed by atoms with Crippen molar-refractivity contribution in [1.29, 1.82) is 0 Å². The van der Waals surface area contributed by atoms with Gasteiger partial charge < -0.3 is 15.2 Å². The molecular formula is C17H24BrNO2. The van der Waals surface area contributed by atoms with E-state index in [4.69, 9.17) is 15.2 Å². The van der Waals surface area contributed by atoms with E-state index in [2.05, 4.69) is 15.9 Å². The first-order valence-electron chi connectivity index (χ1n) is 7.79. The minimum Gasteiger partial charge on any atom is -0.496 e. The Labute approximate surface area is 135 Å². The van der Waals surface area contributed by atoms with Crippen LogP contribution >= 0.6 is 15.9 Å². The summed E-state index contributed by atoms with van der Waals surface area (Å²) in [5.74, 6) is 4.32. The molecule has 0 saturated heterocycles. The van der Waals surface area contributed by atoms with E-state index in [1.165, 1.54) is 25.7 Å². The lowest BCUT2D eigenvalue weighted by Gasteiger charge is -2.26. The molecule has 21 heavy (non-hydrogen) atoms. The average molecular weight is 354 g/mol. The number of fused-ring (bicyclic) bond motifs is 2. The van der Waals surface area contributed by atoms with Gasteiger partial charge in [-0.1, -0.05) is 6.42 Å². The van der Waals surface area contributed by atoms with Crippen LogP contribution in [-0.4, -0.2) is 14.2 Å². The van der Waals surface area contributed by atoms with Gasteiger partial charge in [-0.3, -0.25) is 0 Å². The molecule has 0 radical (unpaired) electrons. The van der Waals surface area contributed by atoms with Crippen molar-refractivity contribution in [3.8, 4) is 11.5 Å². The molecule has 4 heteroatoms. The van der Waals surface area contributed by atoms with Gasteiger partial charge in [0.1, 0.15) is 11.5 Å². The third-order valence-electron chi connectivity index (χ3n) is 5.34. The number of halogens is 1. The predicted octanol–water partition coefficient (Wildman–Crippen LogP) is 4.29. The molecule has 3 nitrogen and oxygen atoms in total. The first-order valence-corrected chi connectivity index (χ1v) is 8.58. The molecule has 2 aliphatic carbocycles. The van der Waals surface area contributed by atoms with E-state index in [-0.39, 0.29) is 6.04 Å².